The summed E-state index contributed by atoms with van der Waals surface area (Å²) < 4.78 is 9.21. The number of nitrogens with one attached hydrogen (secondary N) is 1. The summed E-state index contributed by atoms with van der Waals surface area (Å²) in [5.74, 6) is -1.92. The van der Waals surface area contributed by atoms with E-state index >= 15 is 0 Å². The Morgan fingerprint density at radius 3 is 2.77 bits per heavy atom. The van der Waals surface area contributed by atoms with Crippen molar-refractivity contribution in [3.8, 4) is 11.5 Å². The first kappa shape index (κ1) is 18.9. The fourth-order valence-electron chi connectivity index (χ4n) is 1.83. The Kier molecular flexibility index (Phi) is 5.90. The summed E-state index contributed by atoms with van der Waals surface area (Å²) in [4.78, 5) is 33.2. The highest BCUT2D eigenvalue weighted by Crippen LogP contribution is 2.36. The summed E-state index contributed by atoms with van der Waals surface area (Å²) in [6.07, 6.45) is 2.16. The van der Waals surface area contributed by atoms with Gasteiger partial charge in [-0.25, -0.2) is 4.79 Å². The normalized spacial score (nSPS) is 16.9. The Hall–Kier alpha value is -3.41. The summed E-state index contributed by atoms with van der Waals surface area (Å²) >= 11 is 0.873. The van der Waals surface area contributed by atoms with Gasteiger partial charge in [-0.3, -0.25) is 20.2 Å². The molecule has 0 saturated carbocycles. The van der Waals surface area contributed by atoms with Gasteiger partial charge >= 0.3 is 11.7 Å². The van der Waals surface area contributed by atoms with Gasteiger partial charge in [-0.1, -0.05) is 0 Å². The molecule has 0 aliphatic carbocycles. The SMILES string of the molecule is COC(=O)/C=C1/S/C(=N\N=Cc2cc(O)c(OC)c([N+](=O)[O-])c2)NC1=O. The Labute approximate surface area is 150 Å². The maximum Gasteiger partial charge on any atom is 0.331 e. The van der Waals surface area contributed by atoms with E-state index in [1.165, 1.54) is 20.3 Å². The lowest BCUT2D eigenvalue weighted by Gasteiger charge is -2.04. The highest BCUT2D eigenvalue weighted by molar-refractivity contribution is 8.18. The number of phenols is 1. The molecule has 0 radical (unpaired) electrons. The molecule has 0 atom stereocenters. The molecule has 1 amide bonds. The van der Waals surface area contributed by atoms with Crippen LogP contribution in [0.3, 0.4) is 0 Å². The van der Waals surface area contributed by atoms with Crippen molar-refractivity contribution < 1.29 is 29.1 Å². The second kappa shape index (κ2) is 8.11. The number of amides is 1. The van der Waals surface area contributed by atoms with Gasteiger partial charge < -0.3 is 14.6 Å². The first-order chi connectivity index (χ1) is 12.3. The predicted octanol–water partition coefficient (Wildman–Crippen LogP) is 0.919. The number of carbonyl (C=O) groups is 2. The average Bonchev–Trinajstić information content (AvgIpc) is 2.93. The Bertz CT molecular complexity index is 863. The van der Waals surface area contributed by atoms with Crippen LogP contribution in [0.1, 0.15) is 5.56 Å². The monoisotopic (exact) mass is 380 g/mol. The van der Waals surface area contributed by atoms with Crippen LogP contribution in [0.5, 0.6) is 11.5 Å². The number of hydrogen-bond donors (Lipinski definition) is 2. The molecule has 1 aromatic carbocycles. The predicted molar refractivity (Wildman–Crippen MR) is 92.2 cm³/mol. The van der Waals surface area contributed by atoms with Crippen molar-refractivity contribution in [3.05, 3.63) is 38.8 Å². The number of aromatic hydroxyl groups is 1. The second-order valence-corrected chi connectivity index (χ2v) is 5.62. The molecule has 0 unspecified atom stereocenters. The largest absolute Gasteiger partial charge is 0.504 e. The zero-order valence-electron chi connectivity index (χ0n) is 13.5. The van der Waals surface area contributed by atoms with Gasteiger partial charge in [-0.05, 0) is 17.8 Å². The number of methoxy groups -OCH3 is 2. The molecule has 12 heteroatoms. The zero-order valence-corrected chi connectivity index (χ0v) is 14.3. The second-order valence-electron chi connectivity index (χ2n) is 4.59. The van der Waals surface area contributed by atoms with Crippen LogP contribution in [-0.2, 0) is 14.3 Å². The van der Waals surface area contributed by atoms with E-state index in [4.69, 9.17) is 4.74 Å². The van der Waals surface area contributed by atoms with Crippen molar-refractivity contribution in [1.82, 2.24) is 5.32 Å². The number of amidine groups is 1. The van der Waals surface area contributed by atoms with Gasteiger partial charge in [0.05, 0.1) is 30.3 Å². The average molecular weight is 380 g/mol. The van der Waals surface area contributed by atoms with Gasteiger partial charge in [0, 0.05) is 17.7 Å². The Morgan fingerprint density at radius 1 is 1.42 bits per heavy atom. The number of hydrogen-bond acceptors (Lipinski definition) is 10. The van der Waals surface area contributed by atoms with E-state index in [1.807, 2.05) is 0 Å². The molecule has 1 saturated heterocycles. The summed E-state index contributed by atoms with van der Waals surface area (Å²) in [5, 5.41) is 30.7. The number of carbonyl (C=O) groups excluding carboxylic acids is 2. The lowest BCUT2D eigenvalue weighted by molar-refractivity contribution is -0.385. The number of thioether (sulfide) groups is 1. The third kappa shape index (κ3) is 4.36. The van der Waals surface area contributed by atoms with Crippen molar-refractivity contribution in [3.63, 3.8) is 0 Å². The lowest BCUT2D eigenvalue weighted by atomic mass is 10.2. The van der Waals surface area contributed by atoms with Crippen molar-refractivity contribution in [2.75, 3.05) is 14.2 Å². The molecule has 2 rings (SSSR count). The summed E-state index contributed by atoms with van der Waals surface area (Å²) in [6, 6.07) is 2.35. The standard InChI is InChI=1S/C14H12N4O7S/c1-24-11(20)5-10-13(21)16-14(26-10)17-15-6-7-3-8(18(22)23)12(25-2)9(19)4-7/h3-6,19H,1-2H3,(H,16,17,21)/b10-5+,15-6?. The molecule has 0 spiro atoms. The molecule has 11 nitrogen and oxygen atoms in total. The van der Waals surface area contributed by atoms with Crippen LogP contribution in [0.2, 0.25) is 0 Å². The minimum atomic E-state index is -0.710. The fraction of sp³-hybridized carbons (Fsp3) is 0.143. The Balaban J connectivity index is 2.20. The van der Waals surface area contributed by atoms with Crippen molar-refractivity contribution in [1.29, 1.82) is 0 Å². The highest BCUT2D eigenvalue weighted by atomic mass is 32.2. The summed E-state index contributed by atoms with van der Waals surface area (Å²) in [6.45, 7) is 0. The van der Waals surface area contributed by atoms with Crippen LogP contribution in [0, 0.1) is 10.1 Å². The van der Waals surface area contributed by atoms with Crippen LogP contribution in [-0.4, -0.2) is 47.5 Å². The molecular formula is C14H12N4O7S. The molecule has 136 valence electrons. The van der Waals surface area contributed by atoms with E-state index in [0.29, 0.717) is 0 Å². The molecule has 0 bridgehead atoms. The van der Waals surface area contributed by atoms with E-state index in [0.717, 1.165) is 30.1 Å². The molecule has 1 aliphatic rings. The topological polar surface area (TPSA) is 153 Å². The van der Waals surface area contributed by atoms with Crippen LogP contribution in [0.4, 0.5) is 5.69 Å². The van der Waals surface area contributed by atoms with Gasteiger partial charge in [0.1, 0.15) is 0 Å². The van der Waals surface area contributed by atoms with Crippen LogP contribution in [0.15, 0.2) is 33.3 Å². The van der Waals surface area contributed by atoms with E-state index in [9.17, 15) is 24.8 Å². The number of nitro benzene ring substituents is 1. The number of benzene rings is 1. The molecule has 1 heterocycles. The van der Waals surface area contributed by atoms with E-state index < -0.39 is 28.2 Å². The van der Waals surface area contributed by atoms with Crippen molar-refractivity contribution in [2.24, 2.45) is 10.2 Å². The molecule has 0 aromatic heterocycles. The minimum absolute atomic E-state index is 0.0866. The number of phenolic OH excluding ortho intramolecular Hbond substituents is 1. The van der Waals surface area contributed by atoms with Crippen LogP contribution < -0.4 is 10.1 Å². The Morgan fingerprint density at radius 2 is 2.15 bits per heavy atom. The van der Waals surface area contributed by atoms with Crippen molar-refractivity contribution >= 4 is 40.7 Å². The zero-order chi connectivity index (χ0) is 19.3. The fourth-order valence-corrected chi connectivity index (χ4v) is 2.57. The molecule has 2 N–H and O–H groups in total. The number of esters is 1. The number of nitro groups is 1. The molecule has 1 fully saturated rings. The van der Waals surface area contributed by atoms with Gasteiger partial charge in [0.2, 0.25) is 5.75 Å². The van der Waals surface area contributed by atoms with E-state index in [1.54, 1.807) is 0 Å². The first-order valence-corrected chi connectivity index (χ1v) is 7.62. The maximum atomic E-state index is 11.6. The van der Waals surface area contributed by atoms with E-state index in [-0.39, 0.29) is 21.4 Å². The third-order valence-electron chi connectivity index (χ3n) is 2.93. The van der Waals surface area contributed by atoms with Crippen LogP contribution in [0.25, 0.3) is 0 Å². The van der Waals surface area contributed by atoms with Gasteiger partial charge in [0.15, 0.2) is 10.9 Å². The summed E-state index contributed by atoms with van der Waals surface area (Å²) in [5.41, 5.74) is -0.243. The first-order valence-electron chi connectivity index (χ1n) is 6.81. The van der Waals surface area contributed by atoms with Crippen LogP contribution >= 0.6 is 11.8 Å². The highest BCUT2D eigenvalue weighted by Gasteiger charge is 2.25. The quantitative estimate of drug-likeness (QED) is 0.251. The smallest absolute Gasteiger partial charge is 0.331 e. The van der Waals surface area contributed by atoms with Gasteiger partial charge in [-0.15, -0.1) is 5.10 Å². The number of ether oxygens (including phenoxy) is 2. The molecule has 1 aliphatic heterocycles. The van der Waals surface area contributed by atoms with E-state index in [2.05, 4.69) is 20.3 Å². The molecular weight excluding hydrogens is 368 g/mol. The third-order valence-corrected chi connectivity index (χ3v) is 3.83. The maximum absolute atomic E-state index is 11.6. The lowest BCUT2D eigenvalue weighted by Crippen LogP contribution is -2.19. The minimum Gasteiger partial charge on any atom is -0.504 e. The van der Waals surface area contributed by atoms with Gasteiger partial charge in [-0.2, -0.15) is 5.10 Å². The summed E-state index contributed by atoms with van der Waals surface area (Å²) in [7, 11) is 2.38. The van der Waals surface area contributed by atoms with Gasteiger partial charge in [0.25, 0.3) is 5.91 Å². The molecule has 26 heavy (non-hydrogen) atoms. The molecule has 1 aromatic rings. The van der Waals surface area contributed by atoms with Crippen molar-refractivity contribution in [2.45, 2.75) is 0 Å². The number of nitrogens with zero attached hydrogens (tertiary/aromatic N) is 3. The number of rotatable bonds is 5.